The summed E-state index contributed by atoms with van der Waals surface area (Å²) in [6.07, 6.45) is 4.67. The lowest BCUT2D eigenvalue weighted by Crippen LogP contribution is -2.51. The molecule has 1 aromatic heterocycles. The molecule has 2 rings (SSSR count). The second-order valence-corrected chi connectivity index (χ2v) is 4.40. The molecule has 0 aromatic carbocycles. The Morgan fingerprint density at radius 1 is 1.67 bits per heavy atom. The normalized spacial score (nSPS) is 22.3. The summed E-state index contributed by atoms with van der Waals surface area (Å²) in [7, 11) is 0. The van der Waals surface area contributed by atoms with Crippen LogP contribution >= 0.6 is 0 Å². The standard InChI is InChI=1S/C13H18N2O3/c1-10(14)12-9-15(6-8-18-12)13(16)5-4-11-3-2-7-17-11/h2-5,7,10,12H,6,8-9,14H2,1H3/b5-4+. The van der Waals surface area contributed by atoms with Crippen LogP contribution in [0.4, 0.5) is 0 Å². The van der Waals surface area contributed by atoms with Crippen molar-refractivity contribution in [2.24, 2.45) is 5.73 Å². The third-order valence-electron chi connectivity index (χ3n) is 2.92. The second kappa shape index (κ2) is 5.84. The van der Waals surface area contributed by atoms with Crippen molar-refractivity contribution >= 4 is 12.0 Å². The highest BCUT2D eigenvalue weighted by Crippen LogP contribution is 2.09. The van der Waals surface area contributed by atoms with Gasteiger partial charge in [-0.1, -0.05) is 0 Å². The third kappa shape index (κ3) is 3.21. The van der Waals surface area contributed by atoms with E-state index < -0.39 is 0 Å². The summed E-state index contributed by atoms with van der Waals surface area (Å²) in [6.45, 7) is 3.56. The van der Waals surface area contributed by atoms with Gasteiger partial charge < -0.3 is 19.8 Å². The molecule has 18 heavy (non-hydrogen) atoms. The summed E-state index contributed by atoms with van der Waals surface area (Å²) in [4.78, 5) is 13.7. The van der Waals surface area contributed by atoms with Crippen molar-refractivity contribution in [3.8, 4) is 0 Å². The number of ether oxygens (including phenoxy) is 1. The fraction of sp³-hybridized carbons (Fsp3) is 0.462. The van der Waals surface area contributed by atoms with Crippen LogP contribution in [0.3, 0.4) is 0 Å². The fourth-order valence-corrected chi connectivity index (χ4v) is 1.84. The highest BCUT2D eigenvalue weighted by Gasteiger charge is 2.25. The van der Waals surface area contributed by atoms with Crippen LogP contribution in [0.5, 0.6) is 0 Å². The quantitative estimate of drug-likeness (QED) is 0.808. The van der Waals surface area contributed by atoms with Crippen LogP contribution in [0.1, 0.15) is 12.7 Å². The molecule has 1 amide bonds. The minimum Gasteiger partial charge on any atom is -0.465 e. The maximum atomic E-state index is 12.0. The second-order valence-electron chi connectivity index (χ2n) is 4.40. The molecule has 1 saturated heterocycles. The van der Waals surface area contributed by atoms with Gasteiger partial charge in [0.25, 0.3) is 0 Å². The highest BCUT2D eigenvalue weighted by atomic mass is 16.5. The fourth-order valence-electron chi connectivity index (χ4n) is 1.84. The average molecular weight is 250 g/mol. The van der Waals surface area contributed by atoms with E-state index in [0.29, 0.717) is 25.5 Å². The topological polar surface area (TPSA) is 68.7 Å². The van der Waals surface area contributed by atoms with Crippen LogP contribution in [-0.2, 0) is 9.53 Å². The number of carbonyl (C=O) groups excluding carboxylic acids is 1. The Morgan fingerprint density at radius 2 is 2.50 bits per heavy atom. The smallest absolute Gasteiger partial charge is 0.246 e. The minimum absolute atomic E-state index is 0.0413. The number of furan rings is 1. The molecule has 0 saturated carbocycles. The van der Waals surface area contributed by atoms with Crippen LogP contribution < -0.4 is 5.73 Å². The first-order chi connectivity index (χ1) is 8.66. The first-order valence-corrected chi connectivity index (χ1v) is 6.04. The Morgan fingerprint density at radius 3 is 3.17 bits per heavy atom. The van der Waals surface area contributed by atoms with E-state index in [1.807, 2.05) is 6.92 Å². The summed E-state index contributed by atoms with van der Waals surface area (Å²) < 4.78 is 10.6. The molecule has 5 nitrogen and oxygen atoms in total. The maximum Gasteiger partial charge on any atom is 0.246 e. The zero-order chi connectivity index (χ0) is 13.0. The number of amides is 1. The Labute approximate surface area is 106 Å². The molecule has 0 aliphatic carbocycles. The van der Waals surface area contributed by atoms with Crippen molar-refractivity contribution in [3.05, 3.63) is 30.2 Å². The van der Waals surface area contributed by atoms with Crippen LogP contribution in [0.25, 0.3) is 6.08 Å². The van der Waals surface area contributed by atoms with Crippen LogP contribution in [0, 0.1) is 0 Å². The van der Waals surface area contributed by atoms with Crippen LogP contribution in [-0.4, -0.2) is 42.6 Å². The van der Waals surface area contributed by atoms with Gasteiger partial charge in [-0.05, 0) is 25.1 Å². The zero-order valence-electron chi connectivity index (χ0n) is 10.4. The van der Waals surface area contributed by atoms with Crippen LogP contribution in [0.2, 0.25) is 0 Å². The average Bonchev–Trinajstić information content (AvgIpc) is 2.89. The van der Waals surface area contributed by atoms with Gasteiger partial charge in [-0.25, -0.2) is 0 Å². The molecule has 1 fully saturated rings. The predicted octanol–water partition coefficient (Wildman–Crippen LogP) is 0.867. The molecule has 2 unspecified atom stereocenters. The van der Waals surface area contributed by atoms with Gasteiger partial charge in [0.1, 0.15) is 5.76 Å². The van der Waals surface area contributed by atoms with Crippen molar-refractivity contribution in [3.63, 3.8) is 0 Å². The number of hydrogen-bond acceptors (Lipinski definition) is 4. The molecule has 1 aliphatic rings. The van der Waals surface area contributed by atoms with E-state index >= 15 is 0 Å². The van der Waals surface area contributed by atoms with E-state index in [-0.39, 0.29) is 18.1 Å². The molecule has 0 bridgehead atoms. The summed E-state index contributed by atoms with van der Waals surface area (Å²) >= 11 is 0. The van der Waals surface area contributed by atoms with Gasteiger partial charge in [-0.3, -0.25) is 4.79 Å². The third-order valence-corrected chi connectivity index (χ3v) is 2.92. The molecule has 1 aliphatic heterocycles. The lowest BCUT2D eigenvalue weighted by atomic mass is 10.1. The zero-order valence-corrected chi connectivity index (χ0v) is 10.4. The molecular formula is C13H18N2O3. The summed E-state index contributed by atoms with van der Waals surface area (Å²) in [5.41, 5.74) is 5.78. The number of hydrogen-bond donors (Lipinski definition) is 1. The van der Waals surface area contributed by atoms with Crippen molar-refractivity contribution in [1.82, 2.24) is 4.90 Å². The van der Waals surface area contributed by atoms with E-state index in [9.17, 15) is 4.79 Å². The van der Waals surface area contributed by atoms with E-state index in [4.69, 9.17) is 14.9 Å². The monoisotopic (exact) mass is 250 g/mol. The summed E-state index contributed by atoms with van der Waals surface area (Å²) in [6, 6.07) is 3.51. The first-order valence-electron chi connectivity index (χ1n) is 6.04. The van der Waals surface area contributed by atoms with Gasteiger partial charge in [0.2, 0.25) is 5.91 Å². The van der Waals surface area contributed by atoms with Gasteiger partial charge in [0.05, 0.1) is 19.0 Å². The SMILES string of the molecule is CC(N)C1CN(C(=O)/C=C/c2ccco2)CCO1. The van der Waals surface area contributed by atoms with E-state index in [1.165, 1.54) is 6.08 Å². The number of carbonyl (C=O) groups is 1. The highest BCUT2D eigenvalue weighted by molar-refractivity contribution is 5.91. The van der Waals surface area contributed by atoms with Gasteiger partial charge in [-0.2, -0.15) is 0 Å². The van der Waals surface area contributed by atoms with E-state index in [2.05, 4.69) is 0 Å². The lowest BCUT2D eigenvalue weighted by Gasteiger charge is -2.34. The number of nitrogens with zero attached hydrogens (tertiary/aromatic N) is 1. The summed E-state index contributed by atoms with van der Waals surface area (Å²) in [5, 5.41) is 0. The Kier molecular flexibility index (Phi) is 4.17. The van der Waals surface area contributed by atoms with Crippen molar-refractivity contribution in [2.75, 3.05) is 19.7 Å². The molecule has 2 heterocycles. The number of morpholine rings is 1. The first kappa shape index (κ1) is 12.9. The Hall–Kier alpha value is -1.59. The van der Waals surface area contributed by atoms with Crippen molar-refractivity contribution in [2.45, 2.75) is 19.1 Å². The minimum atomic E-state index is -0.0836. The van der Waals surface area contributed by atoms with Crippen molar-refractivity contribution < 1.29 is 13.9 Å². The predicted molar refractivity (Wildman–Crippen MR) is 67.7 cm³/mol. The molecule has 0 radical (unpaired) electrons. The van der Waals surface area contributed by atoms with Gasteiger partial charge >= 0.3 is 0 Å². The summed E-state index contributed by atoms with van der Waals surface area (Å²) in [5.74, 6) is 0.626. The molecule has 1 aromatic rings. The molecule has 5 heteroatoms. The molecular weight excluding hydrogens is 232 g/mol. The lowest BCUT2D eigenvalue weighted by molar-refractivity contribution is -0.134. The van der Waals surface area contributed by atoms with Crippen molar-refractivity contribution in [1.29, 1.82) is 0 Å². The molecule has 98 valence electrons. The van der Waals surface area contributed by atoms with Gasteiger partial charge in [0, 0.05) is 25.2 Å². The molecule has 0 spiro atoms. The Balaban J connectivity index is 1.92. The Bertz CT molecular complexity index is 412. The van der Waals surface area contributed by atoms with Gasteiger partial charge in [-0.15, -0.1) is 0 Å². The number of rotatable bonds is 3. The van der Waals surface area contributed by atoms with Gasteiger partial charge in [0.15, 0.2) is 0 Å². The maximum absolute atomic E-state index is 12.0. The largest absolute Gasteiger partial charge is 0.465 e. The van der Waals surface area contributed by atoms with Crippen LogP contribution in [0.15, 0.2) is 28.9 Å². The van der Waals surface area contributed by atoms with E-state index in [1.54, 1.807) is 29.4 Å². The molecule has 2 atom stereocenters. The molecule has 2 N–H and O–H groups in total. The number of nitrogens with two attached hydrogens (primary N) is 1. The van der Waals surface area contributed by atoms with E-state index in [0.717, 1.165) is 0 Å².